The van der Waals surface area contributed by atoms with Gasteiger partial charge in [0.2, 0.25) is 0 Å². The minimum atomic E-state index is -1.74. The van der Waals surface area contributed by atoms with E-state index >= 15 is 0 Å². The molecule has 1 aromatic carbocycles. The molecule has 0 amide bonds. The number of aliphatic hydroxyl groups excluding tert-OH is 2. The van der Waals surface area contributed by atoms with E-state index in [1.165, 1.54) is 25.3 Å². The molecule has 19 heavy (non-hydrogen) atoms. The number of benzene rings is 1. The van der Waals surface area contributed by atoms with Crippen molar-refractivity contribution in [1.82, 2.24) is 0 Å². The van der Waals surface area contributed by atoms with E-state index in [4.69, 9.17) is 4.74 Å². The Kier molecular flexibility index (Phi) is 5.47. The maximum atomic E-state index is 11.4. The number of methoxy groups -OCH3 is 1. The molecular formula is C13H16O6. The van der Waals surface area contributed by atoms with Gasteiger partial charge in [0, 0.05) is 11.1 Å². The molecule has 104 valence electrons. The summed E-state index contributed by atoms with van der Waals surface area (Å²) in [5.74, 6) is -0.671. The molecule has 1 aromatic rings. The highest BCUT2D eigenvalue weighted by molar-refractivity contribution is 5.77. The van der Waals surface area contributed by atoms with Crippen LogP contribution in [0.4, 0.5) is 0 Å². The van der Waals surface area contributed by atoms with Crippen molar-refractivity contribution in [3.05, 3.63) is 29.3 Å². The molecule has 1 rings (SSSR count). The maximum absolute atomic E-state index is 11.4. The largest absolute Gasteiger partial charge is 0.496 e. The molecule has 0 spiro atoms. The van der Waals surface area contributed by atoms with E-state index in [-0.39, 0.29) is 17.9 Å². The van der Waals surface area contributed by atoms with E-state index in [1.807, 2.05) is 0 Å². The fourth-order valence-electron chi connectivity index (χ4n) is 1.58. The molecule has 0 aromatic heterocycles. The number of carbonyl (C=O) groups is 2. The number of rotatable bonds is 6. The maximum Gasteiger partial charge on any atom is 0.338 e. The Morgan fingerprint density at radius 1 is 1.42 bits per heavy atom. The van der Waals surface area contributed by atoms with Crippen LogP contribution in [-0.4, -0.2) is 42.3 Å². The number of carbonyl (C=O) groups excluding carboxylic acids is 2. The van der Waals surface area contributed by atoms with Crippen LogP contribution in [0.25, 0.3) is 0 Å². The SMILES string of the molecule is CCOC(=O)C(O)C(O)c1cc(C=O)ccc1OC. The normalized spacial score (nSPS) is 13.5. The Balaban J connectivity index is 3.05. The Hall–Kier alpha value is -1.92. The fourth-order valence-corrected chi connectivity index (χ4v) is 1.58. The van der Waals surface area contributed by atoms with Gasteiger partial charge in [-0.25, -0.2) is 4.79 Å². The first-order valence-corrected chi connectivity index (χ1v) is 5.71. The van der Waals surface area contributed by atoms with Crippen LogP contribution in [0.15, 0.2) is 18.2 Å². The molecule has 0 radical (unpaired) electrons. The molecule has 0 aliphatic carbocycles. The molecule has 6 heteroatoms. The summed E-state index contributed by atoms with van der Waals surface area (Å²) in [6.07, 6.45) is -2.68. The van der Waals surface area contributed by atoms with Crippen LogP contribution < -0.4 is 4.74 Å². The minimum Gasteiger partial charge on any atom is -0.496 e. The van der Waals surface area contributed by atoms with Gasteiger partial charge in [-0.05, 0) is 25.1 Å². The monoisotopic (exact) mass is 268 g/mol. The van der Waals surface area contributed by atoms with Gasteiger partial charge < -0.3 is 19.7 Å². The van der Waals surface area contributed by atoms with E-state index in [0.29, 0.717) is 11.8 Å². The van der Waals surface area contributed by atoms with Crippen LogP contribution in [-0.2, 0) is 9.53 Å². The van der Waals surface area contributed by atoms with Crippen LogP contribution in [0.3, 0.4) is 0 Å². The number of esters is 1. The summed E-state index contributed by atoms with van der Waals surface area (Å²) >= 11 is 0. The number of ether oxygens (including phenoxy) is 2. The Bertz CT molecular complexity index is 456. The highest BCUT2D eigenvalue weighted by Crippen LogP contribution is 2.28. The third-order valence-corrected chi connectivity index (χ3v) is 2.54. The third-order valence-electron chi connectivity index (χ3n) is 2.54. The van der Waals surface area contributed by atoms with E-state index in [1.54, 1.807) is 6.92 Å². The highest BCUT2D eigenvalue weighted by atomic mass is 16.5. The second-order valence-electron chi connectivity index (χ2n) is 3.76. The molecule has 0 aliphatic heterocycles. The van der Waals surface area contributed by atoms with Gasteiger partial charge in [-0.2, -0.15) is 0 Å². The van der Waals surface area contributed by atoms with Gasteiger partial charge in [-0.15, -0.1) is 0 Å². The second-order valence-corrected chi connectivity index (χ2v) is 3.76. The standard InChI is InChI=1S/C13H16O6/c1-3-19-13(17)12(16)11(15)9-6-8(7-14)4-5-10(9)18-2/h4-7,11-12,15-16H,3H2,1-2H3. The van der Waals surface area contributed by atoms with E-state index in [0.717, 1.165) is 0 Å². The minimum absolute atomic E-state index is 0.0914. The molecule has 2 atom stereocenters. The lowest BCUT2D eigenvalue weighted by Crippen LogP contribution is -2.30. The van der Waals surface area contributed by atoms with Crippen molar-refractivity contribution in [3.63, 3.8) is 0 Å². The zero-order chi connectivity index (χ0) is 14.4. The summed E-state index contributed by atoms with van der Waals surface area (Å²) in [7, 11) is 1.38. The van der Waals surface area contributed by atoms with Gasteiger partial charge in [0.15, 0.2) is 6.10 Å². The quantitative estimate of drug-likeness (QED) is 0.575. The van der Waals surface area contributed by atoms with Crippen molar-refractivity contribution in [3.8, 4) is 5.75 Å². The number of aliphatic hydroxyl groups is 2. The average molecular weight is 268 g/mol. The van der Waals surface area contributed by atoms with Crippen LogP contribution in [0.1, 0.15) is 28.9 Å². The smallest absolute Gasteiger partial charge is 0.338 e. The van der Waals surface area contributed by atoms with Crippen molar-refractivity contribution in [2.45, 2.75) is 19.1 Å². The van der Waals surface area contributed by atoms with Gasteiger partial charge >= 0.3 is 5.97 Å². The molecule has 0 aliphatic rings. The first-order chi connectivity index (χ1) is 9.04. The molecule has 0 saturated heterocycles. The lowest BCUT2D eigenvalue weighted by Gasteiger charge is -2.19. The third kappa shape index (κ3) is 3.52. The number of aldehydes is 1. The summed E-state index contributed by atoms with van der Waals surface area (Å²) in [6.45, 7) is 1.68. The van der Waals surface area contributed by atoms with E-state index in [9.17, 15) is 19.8 Å². The predicted molar refractivity (Wildman–Crippen MR) is 66.0 cm³/mol. The second kappa shape index (κ2) is 6.86. The van der Waals surface area contributed by atoms with Crippen molar-refractivity contribution >= 4 is 12.3 Å². The summed E-state index contributed by atoms with van der Waals surface area (Å²) in [4.78, 5) is 22.1. The zero-order valence-electron chi connectivity index (χ0n) is 10.7. The zero-order valence-corrected chi connectivity index (χ0v) is 10.7. The highest BCUT2D eigenvalue weighted by Gasteiger charge is 2.29. The summed E-state index contributed by atoms with van der Waals surface area (Å²) in [5.41, 5.74) is 0.443. The summed E-state index contributed by atoms with van der Waals surface area (Å²) in [6, 6.07) is 4.32. The predicted octanol–water partition coefficient (Wildman–Crippen LogP) is 0.465. The van der Waals surface area contributed by atoms with Gasteiger partial charge in [-0.1, -0.05) is 0 Å². The topological polar surface area (TPSA) is 93.1 Å². The van der Waals surface area contributed by atoms with Crippen molar-refractivity contribution in [2.75, 3.05) is 13.7 Å². The molecule has 0 fully saturated rings. The van der Waals surface area contributed by atoms with Crippen molar-refractivity contribution in [2.24, 2.45) is 0 Å². The van der Waals surface area contributed by atoms with Gasteiger partial charge in [0.25, 0.3) is 0 Å². The summed E-state index contributed by atoms with van der Waals surface area (Å²) in [5, 5.41) is 19.7. The van der Waals surface area contributed by atoms with Crippen molar-refractivity contribution < 1.29 is 29.3 Å². The molecular weight excluding hydrogens is 252 g/mol. The first-order valence-electron chi connectivity index (χ1n) is 5.71. The lowest BCUT2D eigenvalue weighted by molar-refractivity contribution is -0.159. The van der Waals surface area contributed by atoms with Crippen molar-refractivity contribution in [1.29, 1.82) is 0 Å². The molecule has 0 saturated carbocycles. The molecule has 0 bridgehead atoms. The van der Waals surface area contributed by atoms with Crippen LogP contribution >= 0.6 is 0 Å². The van der Waals surface area contributed by atoms with E-state index in [2.05, 4.69) is 4.74 Å². The Labute approximate surface area is 110 Å². The number of hydrogen-bond donors (Lipinski definition) is 2. The van der Waals surface area contributed by atoms with Crippen LogP contribution in [0, 0.1) is 0 Å². The molecule has 2 unspecified atom stereocenters. The Morgan fingerprint density at radius 2 is 2.11 bits per heavy atom. The average Bonchev–Trinajstić information content (AvgIpc) is 2.45. The van der Waals surface area contributed by atoms with Gasteiger partial charge in [0.05, 0.1) is 13.7 Å². The van der Waals surface area contributed by atoms with E-state index < -0.39 is 18.2 Å². The number of hydrogen-bond acceptors (Lipinski definition) is 6. The van der Waals surface area contributed by atoms with Gasteiger partial charge in [0.1, 0.15) is 18.1 Å². The fraction of sp³-hybridized carbons (Fsp3) is 0.385. The molecule has 6 nitrogen and oxygen atoms in total. The first kappa shape index (κ1) is 15.1. The summed E-state index contributed by atoms with van der Waals surface area (Å²) < 4.78 is 9.63. The van der Waals surface area contributed by atoms with Crippen LogP contribution in [0.2, 0.25) is 0 Å². The Morgan fingerprint density at radius 3 is 2.63 bits per heavy atom. The van der Waals surface area contributed by atoms with Crippen LogP contribution in [0.5, 0.6) is 5.75 Å². The van der Waals surface area contributed by atoms with Gasteiger partial charge in [-0.3, -0.25) is 4.79 Å². The molecule has 2 N–H and O–H groups in total. The lowest BCUT2D eigenvalue weighted by atomic mass is 10.0. The molecule has 0 heterocycles.